The van der Waals surface area contributed by atoms with Gasteiger partial charge in [-0.1, -0.05) is 37.3 Å². The number of anilines is 2. The second kappa shape index (κ2) is 7.22. The zero-order chi connectivity index (χ0) is 15.2. The van der Waals surface area contributed by atoms with Gasteiger partial charge in [-0.05, 0) is 30.5 Å². The van der Waals surface area contributed by atoms with Crippen LogP contribution in [0.2, 0.25) is 5.28 Å². The van der Waals surface area contributed by atoms with Crippen molar-refractivity contribution in [2.45, 2.75) is 26.3 Å². The Bertz CT molecular complexity index is 576. The van der Waals surface area contributed by atoms with Crippen LogP contribution in [0.15, 0.2) is 30.3 Å². The van der Waals surface area contributed by atoms with Gasteiger partial charge in [0.2, 0.25) is 17.2 Å². The van der Waals surface area contributed by atoms with Crippen molar-refractivity contribution in [3.8, 4) is 0 Å². The molecule has 0 fully saturated rings. The summed E-state index contributed by atoms with van der Waals surface area (Å²) in [6.45, 7) is 5.03. The van der Waals surface area contributed by atoms with Gasteiger partial charge in [0, 0.05) is 13.6 Å². The number of hydrogen-bond acceptors (Lipinski definition) is 5. The van der Waals surface area contributed by atoms with Crippen LogP contribution in [0.5, 0.6) is 0 Å². The lowest BCUT2D eigenvalue weighted by Gasteiger charge is -2.18. The fraction of sp³-hybridized carbons (Fsp3) is 0.400. The van der Waals surface area contributed by atoms with E-state index in [0.717, 1.165) is 18.5 Å². The zero-order valence-corrected chi connectivity index (χ0v) is 13.3. The van der Waals surface area contributed by atoms with Crippen LogP contribution in [-0.4, -0.2) is 28.5 Å². The molecular weight excluding hydrogens is 286 g/mol. The van der Waals surface area contributed by atoms with Crippen LogP contribution in [0.1, 0.15) is 31.9 Å². The van der Waals surface area contributed by atoms with E-state index >= 15 is 0 Å². The Kier molecular flexibility index (Phi) is 5.33. The molecule has 0 bridgehead atoms. The summed E-state index contributed by atoms with van der Waals surface area (Å²) in [5, 5.41) is 3.46. The third kappa shape index (κ3) is 4.29. The summed E-state index contributed by atoms with van der Waals surface area (Å²) < 4.78 is 0. The molecule has 0 spiro atoms. The largest absolute Gasteiger partial charge is 0.348 e. The molecule has 2 rings (SSSR count). The molecule has 1 aromatic heterocycles. The van der Waals surface area contributed by atoms with Crippen molar-refractivity contribution in [1.29, 1.82) is 0 Å². The minimum Gasteiger partial charge on any atom is -0.348 e. The van der Waals surface area contributed by atoms with E-state index in [4.69, 9.17) is 11.6 Å². The summed E-state index contributed by atoms with van der Waals surface area (Å²) in [4.78, 5) is 14.7. The Morgan fingerprint density at radius 1 is 1.19 bits per heavy atom. The van der Waals surface area contributed by atoms with Crippen molar-refractivity contribution >= 4 is 23.5 Å². The first kappa shape index (κ1) is 15.5. The number of hydrogen-bond donors (Lipinski definition) is 1. The molecule has 1 aromatic carbocycles. The van der Waals surface area contributed by atoms with Gasteiger partial charge in [0.1, 0.15) is 0 Å². The van der Waals surface area contributed by atoms with E-state index in [1.807, 2.05) is 30.1 Å². The highest BCUT2D eigenvalue weighted by Gasteiger charge is 2.11. The molecule has 1 N–H and O–H groups in total. The minimum atomic E-state index is 0.0917. The highest BCUT2D eigenvalue weighted by molar-refractivity contribution is 6.28. The molecule has 0 aliphatic heterocycles. The standard InChI is InChI=1S/C15H20ClN5/c1-4-10-21(3)15-19-13(16)18-14(20-15)17-11(2)12-8-6-5-7-9-12/h5-9,11H,4,10H2,1-3H3,(H,17,18,19,20)/t11-/m1/s1. The molecular formula is C15H20ClN5. The summed E-state index contributed by atoms with van der Waals surface area (Å²) in [5.41, 5.74) is 1.16. The molecule has 0 amide bonds. The SMILES string of the molecule is CCCN(C)c1nc(Cl)nc(N[C@H](C)c2ccccc2)n1. The van der Waals surface area contributed by atoms with Gasteiger partial charge in [-0.25, -0.2) is 0 Å². The Hall–Kier alpha value is -1.88. The molecule has 5 nitrogen and oxygen atoms in total. The molecule has 21 heavy (non-hydrogen) atoms. The van der Waals surface area contributed by atoms with Gasteiger partial charge in [0.25, 0.3) is 0 Å². The fourth-order valence-electron chi connectivity index (χ4n) is 2.03. The van der Waals surface area contributed by atoms with Gasteiger partial charge >= 0.3 is 0 Å². The summed E-state index contributed by atoms with van der Waals surface area (Å²) >= 11 is 5.99. The lowest BCUT2D eigenvalue weighted by molar-refractivity contribution is 0.801. The highest BCUT2D eigenvalue weighted by Crippen LogP contribution is 2.19. The molecule has 2 aromatic rings. The average Bonchev–Trinajstić information content (AvgIpc) is 2.47. The van der Waals surface area contributed by atoms with Crippen molar-refractivity contribution in [1.82, 2.24) is 15.0 Å². The lowest BCUT2D eigenvalue weighted by atomic mass is 10.1. The van der Waals surface area contributed by atoms with Crippen molar-refractivity contribution < 1.29 is 0 Å². The smallest absolute Gasteiger partial charge is 0.231 e. The van der Waals surface area contributed by atoms with Crippen molar-refractivity contribution in [2.75, 3.05) is 23.8 Å². The topological polar surface area (TPSA) is 53.9 Å². The molecule has 0 saturated heterocycles. The predicted octanol–water partition coefficient (Wildman–Crippen LogP) is 3.54. The van der Waals surface area contributed by atoms with Crippen LogP contribution in [0.3, 0.4) is 0 Å². The van der Waals surface area contributed by atoms with Crippen LogP contribution < -0.4 is 10.2 Å². The zero-order valence-electron chi connectivity index (χ0n) is 12.5. The van der Waals surface area contributed by atoms with Crippen LogP contribution in [0, 0.1) is 0 Å². The Morgan fingerprint density at radius 3 is 2.57 bits per heavy atom. The maximum Gasteiger partial charge on any atom is 0.231 e. The Balaban J connectivity index is 2.16. The van der Waals surface area contributed by atoms with Gasteiger partial charge in [0.15, 0.2) is 0 Å². The number of rotatable bonds is 6. The third-order valence-corrected chi connectivity index (χ3v) is 3.31. The molecule has 6 heteroatoms. The molecule has 0 unspecified atom stereocenters. The van der Waals surface area contributed by atoms with E-state index in [1.54, 1.807) is 0 Å². The fourth-order valence-corrected chi connectivity index (χ4v) is 2.18. The van der Waals surface area contributed by atoms with E-state index in [2.05, 4.69) is 46.2 Å². The number of benzene rings is 1. The first-order valence-corrected chi connectivity index (χ1v) is 7.42. The molecule has 0 radical (unpaired) electrons. The van der Waals surface area contributed by atoms with Gasteiger partial charge in [-0.2, -0.15) is 15.0 Å². The molecule has 0 aliphatic rings. The summed E-state index contributed by atoms with van der Waals surface area (Å²) in [6, 6.07) is 10.2. The van der Waals surface area contributed by atoms with Gasteiger partial charge < -0.3 is 10.2 Å². The maximum atomic E-state index is 5.99. The number of nitrogens with zero attached hydrogens (tertiary/aromatic N) is 4. The van der Waals surface area contributed by atoms with Crippen LogP contribution in [-0.2, 0) is 0 Å². The average molecular weight is 306 g/mol. The Labute approximate surface area is 130 Å². The van der Waals surface area contributed by atoms with Crippen molar-refractivity contribution in [3.05, 3.63) is 41.2 Å². The van der Waals surface area contributed by atoms with E-state index in [1.165, 1.54) is 0 Å². The molecule has 0 aliphatic carbocycles. The normalized spacial score (nSPS) is 12.0. The third-order valence-electron chi connectivity index (χ3n) is 3.14. The Morgan fingerprint density at radius 2 is 1.90 bits per heavy atom. The van der Waals surface area contributed by atoms with Gasteiger partial charge in [-0.15, -0.1) is 0 Å². The van der Waals surface area contributed by atoms with E-state index in [0.29, 0.717) is 11.9 Å². The first-order valence-electron chi connectivity index (χ1n) is 7.04. The quantitative estimate of drug-likeness (QED) is 0.884. The molecule has 0 saturated carbocycles. The predicted molar refractivity (Wildman–Crippen MR) is 86.9 cm³/mol. The highest BCUT2D eigenvalue weighted by atomic mass is 35.5. The first-order chi connectivity index (χ1) is 10.1. The molecule has 1 atom stereocenters. The maximum absolute atomic E-state index is 5.99. The molecule has 112 valence electrons. The number of halogens is 1. The minimum absolute atomic E-state index is 0.0917. The lowest BCUT2D eigenvalue weighted by Crippen LogP contribution is -2.22. The van der Waals surface area contributed by atoms with Crippen molar-refractivity contribution in [3.63, 3.8) is 0 Å². The number of nitrogens with one attached hydrogen (secondary N) is 1. The van der Waals surface area contributed by atoms with Gasteiger partial charge in [-0.3, -0.25) is 0 Å². The second-order valence-corrected chi connectivity index (χ2v) is 5.26. The summed E-state index contributed by atoms with van der Waals surface area (Å²) in [6.07, 6.45) is 1.02. The van der Waals surface area contributed by atoms with Crippen molar-refractivity contribution in [2.24, 2.45) is 0 Å². The number of aromatic nitrogens is 3. The van der Waals surface area contributed by atoms with E-state index in [-0.39, 0.29) is 11.3 Å². The van der Waals surface area contributed by atoms with Crippen LogP contribution in [0.4, 0.5) is 11.9 Å². The summed E-state index contributed by atoms with van der Waals surface area (Å²) in [5.74, 6) is 1.07. The van der Waals surface area contributed by atoms with Crippen LogP contribution in [0.25, 0.3) is 0 Å². The molecule has 1 heterocycles. The summed E-state index contributed by atoms with van der Waals surface area (Å²) in [7, 11) is 1.94. The van der Waals surface area contributed by atoms with E-state index in [9.17, 15) is 0 Å². The van der Waals surface area contributed by atoms with Gasteiger partial charge in [0.05, 0.1) is 6.04 Å². The second-order valence-electron chi connectivity index (χ2n) is 4.93. The van der Waals surface area contributed by atoms with E-state index < -0.39 is 0 Å². The monoisotopic (exact) mass is 305 g/mol. The van der Waals surface area contributed by atoms with Crippen LogP contribution >= 0.6 is 11.6 Å².